The maximum atomic E-state index is 12.5. The summed E-state index contributed by atoms with van der Waals surface area (Å²) >= 11 is 3.36. The Labute approximate surface area is 142 Å². The molecule has 23 heavy (non-hydrogen) atoms. The lowest BCUT2D eigenvalue weighted by atomic mass is 10.1. The minimum absolute atomic E-state index is 0.0677. The molecular formula is C16H19BrN4O2. The van der Waals surface area contributed by atoms with Gasteiger partial charge in [0.05, 0.1) is 17.2 Å². The van der Waals surface area contributed by atoms with Crippen molar-refractivity contribution in [2.45, 2.75) is 31.8 Å². The number of fused-ring (bicyclic) bond motifs is 1. The second kappa shape index (κ2) is 6.80. The van der Waals surface area contributed by atoms with Gasteiger partial charge < -0.3 is 10.6 Å². The molecule has 6 nitrogen and oxygen atoms in total. The van der Waals surface area contributed by atoms with Crippen molar-refractivity contribution in [3.8, 4) is 0 Å². The number of hydrogen-bond acceptors (Lipinski definition) is 4. The van der Waals surface area contributed by atoms with Crippen LogP contribution in [0.3, 0.4) is 0 Å². The number of carbonyl (C=O) groups is 1. The molecule has 0 aliphatic carbocycles. The molecule has 1 aromatic carbocycles. The Bertz CT molecular complexity index is 781. The zero-order chi connectivity index (χ0) is 16.4. The van der Waals surface area contributed by atoms with E-state index in [4.69, 9.17) is 5.73 Å². The summed E-state index contributed by atoms with van der Waals surface area (Å²) in [6.07, 6.45) is 3.50. The van der Waals surface area contributed by atoms with Gasteiger partial charge in [0.2, 0.25) is 5.91 Å². The van der Waals surface area contributed by atoms with E-state index in [0.717, 1.165) is 17.3 Å². The van der Waals surface area contributed by atoms with Gasteiger partial charge in [0.25, 0.3) is 5.56 Å². The highest BCUT2D eigenvalue weighted by molar-refractivity contribution is 9.10. The van der Waals surface area contributed by atoms with Crippen molar-refractivity contribution in [3.05, 3.63) is 39.4 Å². The van der Waals surface area contributed by atoms with Gasteiger partial charge in [-0.3, -0.25) is 14.2 Å². The highest BCUT2D eigenvalue weighted by atomic mass is 79.9. The van der Waals surface area contributed by atoms with Crippen LogP contribution >= 0.6 is 15.9 Å². The van der Waals surface area contributed by atoms with Crippen LogP contribution in [0.4, 0.5) is 0 Å². The number of aromatic nitrogens is 2. The Hall–Kier alpha value is -1.73. The predicted molar refractivity (Wildman–Crippen MR) is 92.1 cm³/mol. The van der Waals surface area contributed by atoms with E-state index in [1.807, 2.05) is 11.0 Å². The SMILES string of the molecule is NC1CCN(C(=O)CCn2cnc3ccc(Br)cc3c2=O)CC1. The molecule has 0 unspecified atom stereocenters. The number of benzene rings is 1. The third kappa shape index (κ3) is 3.61. The van der Waals surface area contributed by atoms with Crippen molar-refractivity contribution in [1.29, 1.82) is 0 Å². The highest BCUT2D eigenvalue weighted by Gasteiger charge is 2.20. The van der Waals surface area contributed by atoms with Crippen molar-refractivity contribution in [2.75, 3.05) is 13.1 Å². The predicted octanol–water partition coefficient (Wildman–Crippen LogP) is 1.50. The molecule has 122 valence electrons. The second-order valence-corrected chi connectivity index (χ2v) is 6.79. The molecule has 2 aromatic rings. The number of halogens is 1. The zero-order valence-corrected chi connectivity index (χ0v) is 14.3. The van der Waals surface area contributed by atoms with Crippen LogP contribution in [0, 0.1) is 0 Å². The molecule has 1 aliphatic rings. The lowest BCUT2D eigenvalue weighted by Crippen LogP contribution is -2.43. The summed E-state index contributed by atoms with van der Waals surface area (Å²) in [4.78, 5) is 30.8. The van der Waals surface area contributed by atoms with Crippen molar-refractivity contribution in [3.63, 3.8) is 0 Å². The number of likely N-dealkylation sites (tertiary alicyclic amines) is 1. The first-order chi connectivity index (χ1) is 11.0. The number of hydrogen-bond donors (Lipinski definition) is 1. The molecular weight excluding hydrogens is 360 g/mol. The van der Waals surface area contributed by atoms with Crippen LogP contribution in [0.15, 0.2) is 33.8 Å². The molecule has 0 radical (unpaired) electrons. The number of piperidine rings is 1. The van der Waals surface area contributed by atoms with Crippen molar-refractivity contribution >= 4 is 32.7 Å². The minimum atomic E-state index is -0.121. The Morgan fingerprint density at radius 1 is 1.35 bits per heavy atom. The van der Waals surface area contributed by atoms with Gasteiger partial charge in [0, 0.05) is 36.6 Å². The molecule has 1 fully saturated rings. The lowest BCUT2D eigenvalue weighted by Gasteiger charge is -2.30. The molecule has 2 N–H and O–H groups in total. The summed E-state index contributed by atoms with van der Waals surface area (Å²) in [5.74, 6) is 0.0677. The smallest absolute Gasteiger partial charge is 0.261 e. The molecule has 0 atom stereocenters. The first-order valence-electron chi connectivity index (χ1n) is 7.72. The maximum absolute atomic E-state index is 12.5. The summed E-state index contributed by atoms with van der Waals surface area (Å²) in [6, 6.07) is 5.61. The van der Waals surface area contributed by atoms with Gasteiger partial charge in [-0.15, -0.1) is 0 Å². The van der Waals surface area contributed by atoms with E-state index in [1.165, 1.54) is 10.9 Å². The van der Waals surface area contributed by atoms with Crippen molar-refractivity contribution < 1.29 is 4.79 Å². The molecule has 3 rings (SSSR count). The Morgan fingerprint density at radius 2 is 2.09 bits per heavy atom. The molecule has 1 aromatic heterocycles. The van der Waals surface area contributed by atoms with Crippen molar-refractivity contribution in [2.24, 2.45) is 5.73 Å². The highest BCUT2D eigenvalue weighted by Crippen LogP contribution is 2.15. The number of nitrogens with zero attached hydrogens (tertiary/aromatic N) is 3. The monoisotopic (exact) mass is 378 g/mol. The van der Waals surface area contributed by atoms with E-state index < -0.39 is 0 Å². The molecule has 1 saturated heterocycles. The van der Waals surface area contributed by atoms with E-state index in [9.17, 15) is 9.59 Å². The Balaban J connectivity index is 1.71. The van der Waals surface area contributed by atoms with Crippen LogP contribution in [0.1, 0.15) is 19.3 Å². The van der Waals surface area contributed by atoms with Crippen LogP contribution in [0.25, 0.3) is 10.9 Å². The number of nitrogens with two attached hydrogens (primary N) is 1. The molecule has 0 spiro atoms. The van der Waals surface area contributed by atoms with E-state index in [0.29, 0.717) is 37.0 Å². The molecule has 1 aliphatic heterocycles. The van der Waals surface area contributed by atoms with Gasteiger partial charge in [-0.2, -0.15) is 0 Å². The van der Waals surface area contributed by atoms with E-state index in [2.05, 4.69) is 20.9 Å². The van der Waals surface area contributed by atoms with Crippen LogP contribution in [0.5, 0.6) is 0 Å². The van der Waals surface area contributed by atoms with Crippen LogP contribution in [-0.2, 0) is 11.3 Å². The molecule has 2 heterocycles. The number of carbonyl (C=O) groups excluding carboxylic acids is 1. The zero-order valence-electron chi connectivity index (χ0n) is 12.7. The number of amides is 1. The van der Waals surface area contributed by atoms with E-state index in [-0.39, 0.29) is 17.5 Å². The fraction of sp³-hybridized carbons (Fsp3) is 0.438. The van der Waals surface area contributed by atoms with Gasteiger partial charge in [-0.05, 0) is 31.0 Å². The van der Waals surface area contributed by atoms with Gasteiger partial charge in [-0.25, -0.2) is 4.98 Å². The summed E-state index contributed by atoms with van der Waals surface area (Å²) in [5.41, 5.74) is 6.39. The number of rotatable bonds is 3. The van der Waals surface area contributed by atoms with Gasteiger partial charge >= 0.3 is 0 Å². The topological polar surface area (TPSA) is 81.2 Å². The second-order valence-electron chi connectivity index (χ2n) is 5.87. The Kier molecular flexibility index (Phi) is 4.77. The van der Waals surface area contributed by atoms with E-state index >= 15 is 0 Å². The molecule has 1 amide bonds. The maximum Gasteiger partial charge on any atom is 0.261 e. The van der Waals surface area contributed by atoms with E-state index in [1.54, 1.807) is 12.1 Å². The van der Waals surface area contributed by atoms with Crippen molar-refractivity contribution in [1.82, 2.24) is 14.5 Å². The average molecular weight is 379 g/mol. The van der Waals surface area contributed by atoms with Crippen LogP contribution in [0.2, 0.25) is 0 Å². The van der Waals surface area contributed by atoms with Gasteiger partial charge in [0.15, 0.2) is 0 Å². The fourth-order valence-electron chi connectivity index (χ4n) is 2.81. The normalized spacial score (nSPS) is 16.0. The third-order valence-electron chi connectivity index (χ3n) is 4.24. The van der Waals surface area contributed by atoms with Gasteiger partial charge in [-0.1, -0.05) is 15.9 Å². The third-order valence-corrected chi connectivity index (χ3v) is 4.74. The van der Waals surface area contributed by atoms with Crippen LogP contribution < -0.4 is 11.3 Å². The number of aryl methyl sites for hydroxylation is 1. The largest absolute Gasteiger partial charge is 0.343 e. The summed E-state index contributed by atoms with van der Waals surface area (Å²) in [6.45, 7) is 1.76. The first kappa shape index (κ1) is 16.1. The summed E-state index contributed by atoms with van der Waals surface area (Å²) in [7, 11) is 0. The first-order valence-corrected chi connectivity index (χ1v) is 8.52. The molecule has 7 heteroatoms. The van der Waals surface area contributed by atoms with Gasteiger partial charge in [0.1, 0.15) is 0 Å². The lowest BCUT2D eigenvalue weighted by molar-refractivity contribution is -0.132. The van der Waals surface area contributed by atoms with Crippen LogP contribution in [-0.4, -0.2) is 39.5 Å². The standard InChI is InChI=1S/C16H19BrN4O2/c17-11-1-2-14-13(9-11)16(23)21(10-19-14)8-5-15(22)20-6-3-12(18)4-7-20/h1-2,9-10,12H,3-8,18H2. The average Bonchev–Trinajstić information content (AvgIpc) is 2.55. The quantitative estimate of drug-likeness (QED) is 0.877. The minimum Gasteiger partial charge on any atom is -0.343 e. The summed E-state index contributed by atoms with van der Waals surface area (Å²) < 4.78 is 2.34. The Morgan fingerprint density at radius 3 is 2.83 bits per heavy atom. The fourth-order valence-corrected chi connectivity index (χ4v) is 3.17. The molecule has 0 bridgehead atoms. The molecule has 0 saturated carbocycles. The summed E-state index contributed by atoms with van der Waals surface area (Å²) in [5, 5.41) is 0.554.